The molecule has 4 rings (SSSR count). The summed E-state index contributed by atoms with van der Waals surface area (Å²) >= 11 is 0. The number of ketones is 2. The Morgan fingerprint density at radius 1 is 1.31 bits per heavy atom. The van der Waals surface area contributed by atoms with Gasteiger partial charge in [-0.25, -0.2) is 0 Å². The van der Waals surface area contributed by atoms with Gasteiger partial charge in [-0.2, -0.15) is 0 Å². The molecule has 4 aliphatic carbocycles. The van der Waals surface area contributed by atoms with Gasteiger partial charge in [0.25, 0.3) is 0 Å². The van der Waals surface area contributed by atoms with Crippen molar-refractivity contribution in [2.45, 2.75) is 72.3 Å². The largest absolute Gasteiger partial charge is 0.393 e. The van der Waals surface area contributed by atoms with Crippen molar-refractivity contribution in [1.82, 2.24) is 0 Å². The zero-order valence-electron chi connectivity index (χ0n) is 16.7. The van der Waals surface area contributed by atoms with Crippen LogP contribution in [0.3, 0.4) is 0 Å². The number of allylic oxidation sites excluding steroid dienone is 2. The lowest BCUT2D eigenvalue weighted by atomic mass is 9.45. The van der Waals surface area contributed by atoms with Crippen molar-refractivity contribution in [1.29, 1.82) is 0 Å². The lowest BCUT2D eigenvalue weighted by Gasteiger charge is -2.60. The Hall–Kier alpha value is -0.960. The smallest absolute Gasteiger partial charge is 0.155 e. The highest BCUT2D eigenvalue weighted by Crippen LogP contribution is 2.67. The van der Waals surface area contributed by atoms with Crippen LogP contribution in [0, 0.1) is 46.3 Å². The topological polar surface area (TPSA) is 54.4 Å². The highest BCUT2D eigenvalue weighted by molar-refractivity contribution is 5.91. The summed E-state index contributed by atoms with van der Waals surface area (Å²) in [6.07, 6.45) is 8.79. The van der Waals surface area contributed by atoms with Crippen molar-refractivity contribution in [3.05, 3.63) is 12.2 Å². The Bertz CT molecular complexity index is 652. The quantitative estimate of drug-likeness (QED) is 0.805. The van der Waals surface area contributed by atoms with E-state index in [4.69, 9.17) is 0 Å². The molecule has 26 heavy (non-hydrogen) atoms. The van der Waals surface area contributed by atoms with Gasteiger partial charge in [-0.3, -0.25) is 9.59 Å². The maximum Gasteiger partial charge on any atom is 0.155 e. The van der Waals surface area contributed by atoms with E-state index in [0.29, 0.717) is 42.3 Å². The number of rotatable bonds is 2. The van der Waals surface area contributed by atoms with Crippen LogP contribution >= 0.6 is 0 Å². The van der Waals surface area contributed by atoms with E-state index in [9.17, 15) is 14.7 Å². The molecule has 0 aromatic carbocycles. The molecular weight excluding hydrogens is 324 g/mol. The second-order valence-electron chi connectivity index (χ2n) is 10.2. The molecule has 0 amide bonds. The molecule has 0 aromatic rings. The van der Waals surface area contributed by atoms with Gasteiger partial charge in [0.1, 0.15) is 5.78 Å². The van der Waals surface area contributed by atoms with Gasteiger partial charge >= 0.3 is 0 Å². The first-order valence-corrected chi connectivity index (χ1v) is 10.6. The average Bonchev–Trinajstić information content (AvgIpc) is 2.84. The number of hydrogen-bond acceptors (Lipinski definition) is 3. The molecule has 4 aliphatic rings. The van der Waals surface area contributed by atoms with Crippen LogP contribution in [0.15, 0.2) is 12.2 Å². The molecule has 0 aliphatic heterocycles. The van der Waals surface area contributed by atoms with Crippen LogP contribution in [0.25, 0.3) is 0 Å². The fourth-order valence-electron chi connectivity index (χ4n) is 8.03. The van der Waals surface area contributed by atoms with Gasteiger partial charge in [0.2, 0.25) is 0 Å². The van der Waals surface area contributed by atoms with Crippen molar-refractivity contribution >= 4 is 11.6 Å². The Morgan fingerprint density at radius 2 is 2.04 bits per heavy atom. The van der Waals surface area contributed by atoms with Gasteiger partial charge in [-0.1, -0.05) is 33.8 Å². The Balaban J connectivity index is 1.72. The van der Waals surface area contributed by atoms with E-state index in [1.165, 1.54) is 0 Å². The first-order valence-electron chi connectivity index (χ1n) is 10.6. The van der Waals surface area contributed by atoms with Crippen LogP contribution in [0.4, 0.5) is 0 Å². The molecule has 0 saturated heterocycles. The van der Waals surface area contributed by atoms with Gasteiger partial charge in [0.15, 0.2) is 5.78 Å². The molecule has 144 valence electrons. The van der Waals surface area contributed by atoms with Gasteiger partial charge < -0.3 is 5.11 Å². The Labute approximate surface area is 157 Å². The molecule has 3 nitrogen and oxygen atoms in total. The van der Waals surface area contributed by atoms with E-state index in [-0.39, 0.29) is 34.6 Å². The van der Waals surface area contributed by atoms with Gasteiger partial charge in [-0.05, 0) is 72.2 Å². The number of carbonyl (C=O) groups excluding carboxylic acids is 2. The SMILES string of the molecule is CCC(=O)[C@H]1[C@H](C)CC2C3CCC4CC(=O)C=C[C@]4(C)C3[C@@H](O)C[C@@]21C. The monoisotopic (exact) mass is 358 g/mol. The summed E-state index contributed by atoms with van der Waals surface area (Å²) in [5.41, 5.74) is -0.141. The molecule has 3 saturated carbocycles. The van der Waals surface area contributed by atoms with E-state index in [1.807, 2.05) is 6.92 Å². The molecule has 0 radical (unpaired) electrons. The van der Waals surface area contributed by atoms with Crippen molar-refractivity contribution < 1.29 is 14.7 Å². The summed E-state index contributed by atoms with van der Waals surface area (Å²) < 4.78 is 0. The van der Waals surface area contributed by atoms with E-state index in [2.05, 4.69) is 26.8 Å². The minimum absolute atomic E-state index is 0.0650. The minimum atomic E-state index is -0.371. The zero-order valence-corrected chi connectivity index (χ0v) is 16.7. The van der Waals surface area contributed by atoms with Crippen LogP contribution in [0.1, 0.15) is 66.2 Å². The fraction of sp³-hybridized carbons (Fsp3) is 0.826. The second-order valence-corrected chi connectivity index (χ2v) is 10.2. The number of aliphatic hydroxyl groups is 1. The van der Waals surface area contributed by atoms with E-state index < -0.39 is 0 Å². The predicted molar refractivity (Wildman–Crippen MR) is 101 cm³/mol. The molecule has 4 unspecified atom stereocenters. The van der Waals surface area contributed by atoms with Crippen LogP contribution in [0.2, 0.25) is 0 Å². The van der Waals surface area contributed by atoms with E-state index in [1.54, 1.807) is 6.08 Å². The summed E-state index contributed by atoms with van der Waals surface area (Å²) in [5.74, 6) is 2.73. The fourth-order valence-corrected chi connectivity index (χ4v) is 8.03. The standard InChI is InChI=1S/C23H34O3/c1-5-18(25)20-13(2)10-17-16-7-6-14-11-15(24)8-9-22(14,3)21(16)19(26)12-23(17,20)4/h8-9,13-14,16-17,19-21,26H,5-7,10-12H2,1-4H3/t13-,14?,16?,17?,19+,20-,21?,22+,23+/m1/s1. The molecule has 3 heteroatoms. The molecular formula is C23H34O3. The molecule has 3 fully saturated rings. The lowest BCUT2D eigenvalue weighted by molar-refractivity contribution is -0.156. The first kappa shape index (κ1) is 18.4. The van der Waals surface area contributed by atoms with E-state index in [0.717, 1.165) is 25.7 Å². The maximum absolute atomic E-state index is 12.7. The normalized spacial score (nSPS) is 53.0. The highest BCUT2D eigenvalue weighted by atomic mass is 16.3. The summed E-state index contributed by atoms with van der Waals surface area (Å²) in [6.45, 7) is 8.78. The number of hydrogen-bond donors (Lipinski definition) is 1. The summed E-state index contributed by atoms with van der Waals surface area (Å²) in [4.78, 5) is 24.7. The van der Waals surface area contributed by atoms with Gasteiger partial charge in [-0.15, -0.1) is 0 Å². The summed E-state index contributed by atoms with van der Waals surface area (Å²) in [5, 5.41) is 11.3. The third-order valence-electron chi connectivity index (χ3n) is 9.01. The van der Waals surface area contributed by atoms with Crippen molar-refractivity contribution in [3.8, 4) is 0 Å². The van der Waals surface area contributed by atoms with Crippen LogP contribution in [0.5, 0.6) is 0 Å². The van der Waals surface area contributed by atoms with Crippen LogP contribution in [-0.4, -0.2) is 22.8 Å². The number of fused-ring (bicyclic) bond motifs is 5. The Kier molecular flexibility index (Phi) is 4.26. The number of Topliss-reactive ketones (excluding diaryl/α,β-unsaturated/α-hetero) is 1. The molecule has 1 N–H and O–H groups in total. The van der Waals surface area contributed by atoms with Crippen molar-refractivity contribution in [2.75, 3.05) is 0 Å². The maximum atomic E-state index is 12.7. The number of carbonyl (C=O) groups is 2. The Morgan fingerprint density at radius 3 is 2.73 bits per heavy atom. The third kappa shape index (κ3) is 2.35. The summed E-state index contributed by atoms with van der Waals surface area (Å²) in [6, 6.07) is 0. The van der Waals surface area contributed by atoms with Crippen molar-refractivity contribution in [2.24, 2.45) is 46.3 Å². The highest BCUT2D eigenvalue weighted by Gasteiger charge is 2.64. The van der Waals surface area contributed by atoms with Crippen LogP contribution in [-0.2, 0) is 9.59 Å². The van der Waals surface area contributed by atoms with Gasteiger partial charge in [0.05, 0.1) is 6.10 Å². The van der Waals surface area contributed by atoms with E-state index >= 15 is 0 Å². The van der Waals surface area contributed by atoms with Gasteiger partial charge in [0, 0.05) is 18.8 Å². The molecule has 0 heterocycles. The zero-order chi connectivity index (χ0) is 18.9. The molecule has 0 aromatic heterocycles. The summed E-state index contributed by atoms with van der Waals surface area (Å²) in [7, 11) is 0. The first-order chi connectivity index (χ1) is 12.2. The van der Waals surface area contributed by atoms with Crippen LogP contribution < -0.4 is 0 Å². The predicted octanol–water partition coefficient (Wildman–Crippen LogP) is 4.19. The third-order valence-corrected chi connectivity index (χ3v) is 9.01. The number of aliphatic hydroxyl groups excluding tert-OH is 1. The second kappa shape index (κ2) is 6.02. The van der Waals surface area contributed by atoms with Crippen molar-refractivity contribution in [3.63, 3.8) is 0 Å². The average molecular weight is 359 g/mol. The molecule has 9 atom stereocenters. The molecule has 0 bridgehead atoms. The minimum Gasteiger partial charge on any atom is -0.393 e. The lowest BCUT2D eigenvalue weighted by Crippen LogP contribution is -2.58. The molecule has 0 spiro atoms.